The molecule has 0 spiro atoms. The standard InChI is InChI=1S/C29H48N4O5/c34-27-17-25(22-13-9-21(10-14-22)6-4-7-24(28(35)36)29(37)38)33(27)23-15-11-20(12-16-23)5-2-1-3-8-26-31-18-30-19-32-26/h18,20-25,27,34H,1-17,19H2,(H,35,36)(H,37,38)(H,30,31,32). The van der Waals surface area contributed by atoms with Gasteiger partial charge in [0.1, 0.15) is 18.7 Å². The first-order valence-corrected chi connectivity index (χ1v) is 15.1. The second-order valence-corrected chi connectivity index (χ2v) is 12.1. The molecule has 1 saturated heterocycles. The molecule has 0 aromatic heterocycles. The highest BCUT2D eigenvalue weighted by atomic mass is 16.4. The molecular weight excluding hydrogens is 484 g/mol. The van der Waals surface area contributed by atoms with Gasteiger partial charge < -0.3 is 20.6 Å². The Balaban J connectivity index is 1.10. The van der Waals surface area contributed by atoms with Crippen molar-refractivity contribution in [3.63, 3.8) is 0 Å². The largest absolute Gasteiger partial charge is 0.481 e. The molecule has 2 heterocycles. The maximum atomic E-state index is 11.1. The van der Waals surface area contributed by atoms with Crippen molar-refractivity contribution in [1.82, 2.24) is 10.2 Å². The fourth-order valence-corrected chi connectivity index (χ4v) is 7.44. The summed E-state index contributed by atoms with van der Waals surface area (Å²) in [6.45, 7) is 0.562. The quantitative estimate of drug-likeness (QED) is 0.189. The zero-order valence-electron chi connectivity index (χ0n) is 22.8. The highest BCUT2D eigenvalue weighted by Gasteiger charge is 2.46. The number of nitrogens with one attached hydrogen (secondary N) is 1. The second kappa shape index (κ2) is 14.4. The number of hydrogen-bond donors (Lipinski definition) is 4. The minimum atomic E-state index is -1.28. The molecule has 2 aliphatic heterocycles. The Kier molecular flexibility index (Phi) is 11.0. The van der Waals surface area contributed by atoms with Crippen molar-refractivity contribution in [3.05, 3.63) is 0 Å². The molecule has 9 nitrogen and oxygen atoms in total. The third kappa shape index (κ3) is 8.01. The van der Waals surface area contributed by atoms with E-state index in [1.54, 1.807) is 6.34 Å². The normalized spacial score (nSPS) is 31.9. The van der Waals surface area contributed by atoms with Gasteiger partial charge in [0.05, 0.1) is 6.34 Å². The topological polar surface area (TPSA) is 135 Å². The molecule has 3 fully saturated rings. The number of amidine groups is 1. The maximum absolute atomic E-state index is 11.1. The van der Waals surface area contributed by atoms with Crippen LogP contribution in [-0.4, -0.2) is 69.3 Å². The number of unbranched alkanes of at least 4 members (excludes halogenated alkanes) is 2. The van der Waals surface area contributed by atoms with Crippen molar-refractivity contribution in [3.8, 4) is 0 Å². The van der Waals surface area contributed by atoms with Crippen molar-refractivity contribution in [1.29, 1.82) is 0 Å². The van der Waals surface area contributed by atoms with Gasteiger partial charge >= 0.3 is 11.9 Å². The van der Waals surface area contributed by atoms with Gasteiger partial charge in [-0.2, -0.15) is 0 Å². The SMILES string of the molecule is O=C(O)C(CCCC1CCC(C2CC(O)N2C2CCC(CCCCCC3=NCN=CN3)CC2)CC1)C(=O)O. The van der Waals surface area contributed by atoms with Crippen LogP contribution >= 0.6 is 0 Å². The summed E-state index contributed by atoms with van der Waals surface area (Å²) in [6, 6.07) is 1.04. The number of carboxylic acid groups (broad SMARTS) is 2. The summed E-state index contributed by atoms with van der Waals surface area (Å²) in [6.07, 6.45) is 19.9. The van der Waals surface area contributed by atoms with E-state index in [9.17, 15) is 14.7 Å². The van der Waals surface area contributed by atoms with Crippen LogP contribution in [0.3, 0.4) is 0 Å². The highest BCUT2D eigenvalue weighted by molar-refractivity contribution is 5.93. The number of aliphatic hydroxyl groups is 1. The van der Waals surface area contributed by atoms with E-state index in [4.69, 9.17) is 10.2 Å². The van der Waals surface area contributed by atoms with Crippen LogP contribution in [0.1, 0.15) is 109 Å². The number of carbonyl (C=O) groups is 2. The van der Waals surface area contributed by atoms with Crippen molar-refractivity contribution in [2.24, 2.45) is 33.7 Å². The Hall–Kier alpha value is -2.00. The first-order valence-electron chi connectivity index (χ1n) is 15.1. The van der Waals surface area contributed by atoms with Crippen molar-refractivity contribution >= 4 is 24.1 Å². The van der Waals surface area contributed by atoms with Gasteiger partial charge in [-0.1, -0.05) is 44.9 Å². The van der Waals surface area contributed by atoms with Crippen LogP contribution < -0.4 is 5.32 Å². The number of rotatable bonds is 14. The van der Waals surface area contributed by atoms with Crippen LogP contribution in [0.25, 0.3) is 0 Å². The molecule has 4 aliphatic rings. The van der Waals surface area contributed by atoms with Crippen molar-refractivity contribution in [2.75, 3.05) is 6.67 Å². The molecule has 2 aliphatic carbocycles. The molecule has 0 amide bonds. The van der Waals surface area contributed by atoms with Gasteiger partial charge in [-0.15, -0.1) is 0 Å². The number of aliphatic carboxylic acids is 2. The summed E-state index contributed by atoms with van der Waals surface area (Å²) in [5, 5.41) is 31.9. The smallest absolute Gasteiger partial charge is 0.317 e. The molecular formula is C29H48N4O5. The summed E-state index contributed by atoms with van der Waals surface area (Å²) < 4.78 is 0. The summed E-state index contributed by atoms with van der Waals surface area (Å²) in [7, 11) is 0. The zero-order chi connectivity index (χ0) is 26.9. The maximum Gasteiger partial charge on any atom is 0.317 e. The average Bonchev–Trinajstić information content (AvgIpc) is 2.91. The Bertz CT molecular complexity index is 819. The molecule has 0 radical (unpaired) electrons. The molecule has 2 unspecified atom stereocenters. The summed E-state index contributed by atoms with van der Waals surface area (Å²) in [4.78, 5) is 33.1. The van der Waals surface area contributed by atoms with E-state index in [0.29, 0.717) is 37.0 Å². The van der Waals surface area contributed by atoms with Gasteiger partial charge in [0.2, 0.25) is 0 Å². The number of aliphatic imine (C=N–C) groups is 2. The van der Waals surface area contributed by atoms with Gasteiger partial charge in [0, 0.05) is 24.9 Å². The third-order valence-corrected chi connectivity index (χ3v) is 9.75. The molecule has 0 aromatic rings. The van der Waals surface area contributed by atoms with E-state index in [2.05, 4.69) is 20.2 Å². The molecule has 2 atom stereocenters. The van der Waals surface area contributed by atoms with Gasteiger partial charge in [-0.25, -0.2) is 4.99 Å². The number of carboxylic acids is 2. The van der Waals surface area contributed by atoms with Crippen LogP contribution in [-0.2, 0) is 9.59 Å². The van der Waals surface area contributed by atoms with Gasteiger partial charge in [-0.05, 0) is 69.1 Å². The van der Waals surface area contributed by atoms with Crippen LogP contribution in [0.4, 0.5) is 0 Å². The average molecular weight is 533 g/mol. The lowest BCUT2D eigenvalue weighted by Crippen LogP contribution is -2.63. The van der Waals surface area contributed by atoms with Gasteiger partial charge in [0.25, 0.3) is 0 Å². The molecule has 38 heavy (non-hydrogen) atoms. The van der Waals surface area contributed by atoms with E-state index in [-0.39, 0.29) is 12.6 Å². The fraction of sp³-hybridized carbons (Fsp3) is 0.862. The summed E-state index contributed by atoms with van der Waals surface area (Å²) >= 11 is 0. The lowest BCUT2D eigenvalue weighted by atomic mass is 9.71. The number of nitrogens with zero attached hydrogens (tertiary/aromatic N) is 3. The first kappa shape index (κ1) is 29.0. The van der Waals surface area contributed by atoms with Crippen LogP contribution in [0.15, 0.2) is 9.98 Å². The van der Waals surface area contributed by atoms with E-state index in [1.807, 2.05) is 0 Å². The zero-order valence-corrected chi connectivity index (χ0v) is 22.8. The van der Waals surface area contributed by atoms with E-state index >= 15 is 0 Å². The fourth-order valence-electron chi connectivity index (χ4n) is 7.44. The van der Waals surface area contributed by atoms with Crippen LogP contribution in [0.2, 0.25) is 0 Å². The monoisotopic (exact) mass is 532 g/mol. The number of hydrogen-bond acceptors (Lipinski definition) is 7. The number of aliphatic hydroxyl groups excluding tert-OH is 1. The molecule has 9 heteroatoms. The third-order valence-electron chi connectivity index (χ3n) is 9.75. The van der Waals surface area contributed by atoms with Gasteiger partial charge in [0.15, 0.2) is 5.92 Å². The molecule has 4 rings (SSSR count). The Morgan fingerprint density at radius 1 is 0.921 bits per heavy atom. The van der Waals surface area contributed by atoms with Crippen LogP contribution in [0.5, 0.6) is 0 Å². The Morgan fingerprint density at radius 3 is 2.18 bits per heavy atom. The van der Waals surface area contributed by atoms with Crippen LogP contribution in [0, 0.1) is 23.7 Å². The predicted octanol–water partition coefficient (Wildman–Crippen LogP) is 4.64. The van der Waals surface area contributed by atoms with E-state index in [1.165, 1.54) is 64.2 Å². The van der Waals surface area contributed by atoms with Crippen molar-refractivity contribution in [2.45, 2.75) is 127 Å². The lowest BCUT2D eigenvalue weighted by Gasteiger charge is -2.55. The van der Waals surface area contributed by atoms with Gasteiger partial charge in [-0.3, -0.25) is 19.5 Å². The second-order valence-electron chi connectivity index (χ2n) is 12.1. The lowest BCUT2D eigenvalue weighted by molar-refractivity contribution is -0.171. The highest BCUT2D eigenvalue weighted by Crippen LogP contribution is 2.44. The molecule has 4 N–H and O–H groups in total. The minimum absolute atomic E-state index is 0.221. The molecule has 2 saturated carbocycles. The molecule has 0 aromatic carbocycles. The molecule has 214 valence electrons. The predicted molar refractivity (Wildman–Crippen MR) is 147 cm³/mol. The van der Waals surface area contributed by atoms with E-state index in [0.717, 1.165) is 43.9 Å². The number of likely N-dealkylation sites (tertiary alicyclic amines) is 1. The summed E-state index contributed by atoms with van der Waals surface area (Å²) in [5.41, 5.74) is 0. The Labute approximate surface area is 227 Å². The molecule has 0 bridgehead atoms. The Morgan fingerprint density at radius 2 is 1.58 bits per heavy atom. The first-order chi connectivity index (χ1) is 18.4. The minimum Gasteiger partial charge on any atom is -0.481 e. The van der Waals surface area contributed by atoms with E-state index < -0.39 is 17.9 Å². The van der Waals surface area contributed by atoms with Crippen molar-refractivity contribution < 1.29 is 24.9 Å². The summed E-state index contributed by atoms with van der Waals surface area (Å²) in [5.74, 6) is -0.612.